The number of benzene rings is 1. The smallest absolute Gasteiger partial charge is 0.162 e. The van der Waals surface area contributed by atoms with E-state index in [-0.39, 0.29) is 5.78 Å². The minimum atomic E-state index is 0.0946. The largest absolute Gasteiger partial charge is 0.294 e. The normalized spacial score (nSPS) is 10.4. The van der Waals surface area contributed by atoms with Crippen molar-refractivity contribution in [2.24, 2.45) is 0 Å². The summed E-state index contributed by atoms with van der Waals surface area (Å²) < 4.78 is 0. The molecule has 0 aliphatic heterocycles. The molecule has 0 aliphatic rings. The highest BCUT2D eigenvalue weighted by Crippen LogP contribution is 2.05. The topological polar surface area (TPSA) is 17.1 Å². The second-order valence-electron chi connectivity index (χ2n) is 3.05. The summed E-state index contributed by atoms with van der Waals surface area (Å²) >= 11 is 0. The van der Waals surface area contributed by atoms with Gasteiger partial charge in [-0.2, -0.15) is 0 Å². The van der Waals surface area contributed by atoms with Crippen LogP contribution in [0.25, 0.3) is 6.08 Å². The van der Waals surface area contributed by atoms with Crippen LogP contribution >= 0.6 is 0 Å². The molecule has 1 aromatic rings. The predicted octanol–water partition coefficient (Wildman–Crippen LogP) is 3.24. The summed E-state index contributed by atoms with van der Waals surface area (Å²) in [5.41, 5.74) is 1.65. The van der Waals surface area contributed by atoms with E-state index in [2.05, 4.69) is 6.58 Å². The van der Waals surface area contributed by atoms with Gasteiger partial charge in [-0.25, -0.2) is 0 Å². The minimum absolute atomic E-state index is 0.0946. The van der Waals surface area contributed by atoms with Crippen molar-refractivity contribution in [2.75, 3.05) is 0 Å². The molecule has 0 saturated heterocycles. The lowest BCUT2D eigenvalue weighted by Gasteiger charge is -1.95. The molecule has 14 heavy (non-hydrogen) atoms. The van der Waals surface area contributed by atoms with Gasteiger partial charge >= 0.3 is 0 Å². The first kappa shape index (κ1) is 10.5. The molecule has 0 spiro atoms. The van der Waals surface area contributed by atoms with Crippen LogP contribution in [0.1, 0.15) is 18.9 Å². The molecule has 0 unspecified atom stereocenters. The van der Waals surface area contributed by atoms with Crippen molar-refractivity contribution in [1.82, 2.24) is 0 Å². The Bertz CT molecular complexity index is 347. The molecule has 0 aromatic heterocycles. The molecule has 0 aliphatic carbocycles. The van der Waals surface area contributed by atoms with Crippen molar-refractivity contribution in [2.45, 2.75) is 13.3 Å². The number of hydrogen-bond acceptors (Lipinski definition) is 1. The summed E-state index contributed by atoms with van der Waals surface area (Å²) in [5.74, 6) is 0.0946. The van der Waals surface area contributed by atoms with Crippen LogP contribution in [0.2, 0.25) is 0 Å². The van der Waals surface area contributed by atoms with Crippen LogP contribution in [0.15, 0.2) is 48.6 Å². The van der Waals surface area contributed by atoms with Gasteiger partial charge in [-0.3, -0.25) is 4.79 Å². The van der Waals surface area contributed by atoms with E-state index in [4.69, 9.17) is 0 Å². The molecule has 0 amide bonds. The van der Waals surface area contributed by atoms with Gasteiger partial charge in [-0.15, -0.1) is 0 Å². The summed E-state index contributed by atoms with van der Waals surface area (Å²) in [6.07, 6.45) is 4.18. The Morgan fingerprint density at radius 1 is 1.36 bits per heavy atom. The van der Waals surface area contributed by atoms with Gasteiger partial charge in [-0.05, 0) is 5.56 Å². The highest BCUT2D eigenvalue weighted by molar-refractivity contribution is 5.98. The second kappa shape index (κ2) is 5.18. The Hall–Kier alpha value is -1.63. The van der Waals surface area contributed by atoms with Crippen LogP contribution in [-0.4, -0.2) is 5.78 Å². The van der Waals surface area contributed by atoms with E-state index in [0.717, 1.165) is 5.56 Å². The average Bonchev–Trinajstić information content (AvgIpc) is 2.26. The summed E-state index contributed by atoms with van der Waals surface area (Å²) in [4.78, 5) is 11.2. The Balaban J connectivity index is 2.65. The Morgan fingerprint density at radius 3 is 2.57 bits per heavy atom. The van der Waals surface area contributed by atoms with Gasteiger partial charge in [0.1, 0.15) is 0 Å². The van der Waals surface area contributed by atoms with E-state index in [1.165, 1.54) is 0 Å². The number of ketones is 1. The van der Waals surface area contributed by atoms with E-state index < -0.39 is 0 Å². The molecule has 0 fully saturated rings. The first-order valence-electron chi connectivity index (χ1n) is 4.69. The fourth-order valence-electron chi connectivity index (χ4n) is 1.08. The molecular formula is C13H14O. The van der Waals surface area contributed by atoms with Gasteiger partial charge in [0.15, 0.2) is 5.78 Å². The molecule has 0 bridgehead atoms. The van der Waals surface area contributed by atoms with Gasteiger partial charge in [0.2, 0.25) is 0 Å². The first-order chi connectivity index (χ1) is 6.74. The van der Waals surface area contributed by atoms with Crippen LogP contribution in [0.4, 0.5) is 0 Å². The lowest BCUT2D eigenvalue weighted by Crippen LogP contribution is -1.95. The number of allylic oxidation sites excluding steroid dienone is 2. The van der Waals surface area contributed by atoms with Crippen molar-refractivity contribution >= 4 is 11.9 Å². The zero-order chi connectivity index (χ0) is 10.4. The maximum absolute atomic E-state index is 11.2. The van der Waals surface area contributed by atoms with Crippen LogP contribution < -0.4 is 0 Å². The monoisotopic (exact) mass is 186 g/mol. The number of carbonyl (C=O) groups excluding carboxylic acids is 1. The lowest BCUT2D eigenvalue weighted by atomic mass is 10.1. The second-order valence-corrected chi connectivity index (χ2v) is 3.05. The predicted molar refractivity (Wildman–Crippen MR) is 59.9 cm³/mol. The zero-order valence-electron chi connectivity index (χ0n) is 8.36. The molecule has 1 rings (SSSR count). The zero-order valence-corrected chi connectivity index (χ0v) is 8.36. The maximum Gasteiger partial charge on any atom is 0.162 e. The highest BCUT2D eigenvalue weighted by Gasteiger charge is 1.98. The third-order valence-corrected chi connectivity index (χ3v) is 1.96. The van der Waals surface area contributed by atoms with E-state index in [1.807, 2.05) is 43.3 Å². The Kier molecular flexibility index (Phi) is 3.86. The Labute approximate surface area is 84.8 Å². The van der Waals surface area contributed by atoms with E-state index in [9.17, 15) is 4.79 Å². The molecule has 72 valence electrons. The van der Waals surface area contributed by atoms with Gasteiger partial charge < -0.3 is 0 Å². The van der Waals surface area contributed by atoms with Crippen molar-refractivity contribution in [3.05, 3.63) is 54.1 Å². The quantitative estimate of drug-likeness (QED) is 0.521. The summed E-state index contributed by atoms with van der Waals surface area (Å²) in [7, 11) is 0. The number of rotatable bonds is 4. The molecule has 0 N–H and O–H groups in total. The number of carbonyl (C=O) groups is 1. The minimum Gasteiger partial charge on any atom is -0.294 e. The molecule has 1 aromatic carbocycles. The van der Waals surface area contributed by atoms with Crippen LogP contribution in [0.3, 0.4) is 0 Å². The van der Waals surface area contributed by atoms with Crippen molar-refractivity contribution in [3.63, 3.8) is 0 Å². The lowest BCUT2D eigenvalue weighted by molar-refractivity contribution is -0.114. The van der Waals surface area contributed by atoms with Crippen LogP contribution in [0, 0.1) is 0 Å². The van der Waals surface area contributed by atoms with Gasteiger partial charge in [0, 0.05) is 12.0 Å². The maximum atomic E-state index is 11.2. The molecule has 0 radical (unpaired) electrons. The van der Waals surface area contributed by atoms with Crippen molar-refractivity contribution in [3.8, 4) is 0 Å². The van der Waals surface area contributed by atoms with Gasteiger partial charge in [-0.1, -0.05) is 56.0 Å². The number of Topliss-reactive ketones (excluding diaryl/α,β-unsaturated/α-hetero) is 1. The van der Waals surface area contributed by atoms with E-state index in [1.54, 1.807) is 6.08 Å². The van der Waals surface area contributed by atoms with Crippen molar-refractivity contribution < 1.29 is 4.79 Å². The van der Waals surface area contributed by atoms with Crippen molar-refractivity contribution in [1.29, 1.82) is 0 Å². The summed E-state index contributed by atoms with van der Waals surface area (Å²) in [6, 6.07) is 9.86. The standard InChI is InChI=1S/C13H14O/c1-3-13(14)11(2)9-10-12-7-5-4-6-8-12/h4-10H,2-3H2,1H3/b10-9+. The summed E-state index contributed by atoms with van der Waals surface area (Å²) in [5, 5.41) is 0. The fraction of sp³-hybridized carbons (Fsp3) is 0.154. The molecule has 0 atom stereocenters. The average molecular weight is 186 g/mol. The Morgan fingerprint density at radius 2 is 2.00 bits per heavy atom. The fourth-order valence-corrected chi connectivity index (χ4v) is 1.08. The highest BCUT2D eigenvalue weighted by atomic mass is 16.1. The SMILES string of the molecule is C=C(/C=C/c1ccccc1)C(=O)CC. The number of hydrogen-bond donors (Lipinski definition) is 0. The van der Waals surface area contributed by atoms with Gasteiger partial charge in [0.25, 0.3) is 0 Å². The van der Waals surface area contributed by atoms with Crippen LogP contribution in [-0.2, 0) is 4.79 Å². The van der Waals surface area contributed by atoms with Crippen LogP contribution in [0.5, 0.6) is 0 Å². The summed E-state index contributed by atoms with van der Waals surface area (Å²) in [6.45, 7) is 5.54. The first-order valence-corrected chi connectivity index (χ1v) is 4.69. The molecular weight excluding hydrogens is 172 g/mol. The third-order valence-electron chi connectivity index (χ3n) is 1.96. The molecule has 1 nitrogen and oxygen atoms in total. The van der Waals surface area contributed by atoms with Gasteiger partial charge in [0.05, 0.1) is 0 Å². The molecule has 0 heterocycles. The van der Waals surface area contributed by atoms with E-state index >= 15 is 0 Å². The molecule has 0 saturated carbocycles. The molecule has 1 heteroatoms. The third kappa shape index (κ3) is 3.02. The van der Waals surface area contributed by atoms with E-state index in [0.29, 0.717) is 12.0 Å².